The minimum Gasteiger partial charge on any atom is -0.373 e. The van der Waals surface area contributed by atoms with E-state index in [0.29, 0.717) is 25.3 Å². The highest BCUT2D eigenvalue weighted by Gasteiger charge is 2.26. The third-order valence-corrected chi connectivity index (χ3v) is 3.59. The van der Waals surface area contributed by atoms with Crippen molar-refractivity contribution in [1.29, 1.82) is 0 Å². The Kier molecular flexibility index (Phi) is 4.37. The Balaban J connectivity index is 2.06. The lowest BCUT2D eigenvalue weighted by Gasteiger charge is -2.34. The summed E-state index contributed by atoms with van der Waals surface area (Å²) >= 11 is 3.36. The van der Waals surface area contributed by atoms with Gasteiger partial charge in [0.15, 0.2) is 0 Å². The summed E-state index contributed by atoms with van der Waals surface area (Å²) in [5, 5.41) is 0. The Morgan fingerprint density at radius 1 is 1.50 bits per heavy atom. The third-order valence-electron chi connectivity index (χ3n) is 3.06. The highest BCUT2D eigenvalue weighted by Crippen LogP contribution is 2.15. The molecule has 5 heteroatoms. The van der Waals surface area contributed by atoms with Gasteiger partial charge in [0.25, 0.3) is 5.91 Å². The number of nitrogens with two attached hydrogens (primary N) is 1. The molecule has 1 fully saturated rings. The molecule has 1 aliphatic heterocycles. The molecule has 98 valence electrons. The van der Waals surface area contributed by atoms with Gasteiger partial charge in [-0.2, -0.15) is 0 Å². The summed E-state index contributed by atoms with van der Waals surface area (Å²) in [6, 6.07) is 7.32. The van der Waals surface area contributed by atoms with Gasteiger partial charge >= 0.3 is 0 Å². The summed E-state index contributed by atoms with van der Waals surface area (Å²) in [6.07, 6.45) is -0.0712. The Labute approximate surface area is 115 Å². The number of hydrogen-bond acceptors (Lipinski definition) is 3. The predicted molar refractivity (Wildman–Crippen MR) is 73.4 cm³/mol. The molecule has 18 heavy (non-hydrogen) atoms. The molecule has 0 aromatic heterocycles. The van der Waals surface area contributed by atoms with Crippen molar-refractivity contribution in [2.75, 3.05) is 19.7 Å². The van der Waals surface area contributed by atoms with Crippen LogP contribution < -0.4 is 5.73 Å². The maximum absolute atomic E-state index is 12.3. The molecule has 2 rings (SSSR count). The van der Waals surface area contributed by atoms with E-state index in [0.717, 1.165) is 4.47 Å². The van der Waals surface area contributed by atoms with E-state index < -0.39 is 0 Å². The smallest absolute Gasteiger partial charge is 0.254 e. The van der Waals surface area contributed by atoms with Crippen molar-refractivity contribution in [2.24, 2.45) is 5.73 Å². The molecule has 1 aliphatic rings. The first-order chi connectivity index (χ1) is 8.58. The number of carbonyl (C=O) groups excluding carboxylic acids is 1. The number of rotatable bonds is 2. The Bertz CT molecular complexity index is 420. The second kappa shape index (κ2) is 5.82. The summed E-state index contributed by atoms with van der Waals surface area (Å²) in [4.78, 5) is 14.1. The van der Waals surface area contributed by atoms with Crippen molar-refractivity contribution in [1.82, 2.24) is 4.90 Å². The molecule has 2 N–H and O–H groups in total. The van der Waals surface area contributed by atoms with Crippen molar-refractivity contribution >= 4 is 21.8 Å². The van der Waals surface area contributed by atoms with Crippen LogP contribution in [-0.2, 0) is 4.74 Å². The van der Waals surface area contributed by atoms with Gasteiger partial charge in [-0.15, -0.1) is 0 Å². The van der Waals surface area contributed by atoms with Crippen molar-refractivity contribution < 1.29 is 9.53 Å². The van der Waals surface area contributed by atoms with Gasteiger partial charge in [-0.3, -0.25) is 4.79 Å². The average molecular weight is 313 g/mol. The van der Waals surface area contributed by atoms with E-state index in [9.17, 15) is 4.79 Å². The molecule has 1 saturated heterocycles. The lowest BCUT2D eigenvalue weighted by Crippen LogP contribution is -2.51. The molecule has 0 radical (unpaired) electrons. The summed E-state index contributed by atoms with van der Waals surface area (Å²) in [5.74, 6) is 0.0384. The number of halogens is 1. The molecule has 1 aromatic rings. The second-order valence-corrected chi connectivity index (χ2v) is 5.44. The van der Waals surface area contributed by atoms with E-state index in [-0.39, 0.29) is 18.1 Å². The summed E-state index contributed by atoms with van der Waals surface area (Å²) < 4.78 is 6.52. The molecule has 0 bridgehead atoms. The predicted octanol–water partition coefficient (Wildman–Crippen LogP) is 1.64. The van der Waals surface area contributed by atoms with Gasteiger partial charge in [-0.05, 0) is 31.2 Å². The molecular weight excluding hydrogens is 296 g/mol. The van der Waals surface area contributed by atoms with Crippen LogP contribution in [0.1, 0.15) is 17.3 Å². The number of hydrogen-bond donors (Lipinski definition) is 1. The molecule has 0 saturated carbocycles. The minimum atomic E-state index is -0.0712. The molecule has 0 aliphatic carbocycles. The van der Waals surface area contributed by atoms with Gasteiger partial charge in [0.1, 0.15) is 0 Å². The SMILES string of the molecule is CC(N)C1CN(C(=O)c2ccc(Br)cc2)CCO1. The molecular formula is C13H17BrN2O2. The van der Waals surface area contributed by atoms with E-state index in [1.807, 2.05) is 31.2 Å². The number of ether oxygens (including phenoxy) is 1. The normalized spacial score (nSPS) is 21.7. The van der Waals surface area contributed by atoms with E-state index in [4.69, 9.17) is 10.5 Å². The highest BCUT2D eigenvalue weighted by atomic mass is 79.9. The van der Waals surface area contributed by atoms with Gasteiger partial charge < -0.3 is 15.4 Å². The molecule has 1 amide bonds. The molecule has 4 nitrogen and oxygen atoms in total. The van der Waals surface area contributed by atoms with Gasteiger partial charge in [-0.1, -0.05) is 15.9 Å². The largest absolute Gasteiger partial charge is 0.373 e. The van der Waals surface area contributed by atoms with Crippen LogP contribution in [0, 0.1) is 0 Å². The zero-order chi connectivity index (χ0) is 13.1. The van der Waals surface area contributed by atoms with Gasteiger partial charge in [0, 0.05) is 29.2 Å². The lowest BCUT2D eigenvalue weighted by molar-refractivity contribution is -0.0300. The zero-order valence-electron chi connectivity index (χ0n) is 10.3. The lowest BCUT2D eigenvalue weighted by atomic mass is 10.1. The van der Waals surface area contributed by atoms with Crippen molar-refractivity contribution in [3.63, 3.8) is 0 Å². The second-order valence-electron chi connectivity index (χ2n) is 4.53. The first-order valence-electron chi connectivity index (χ1n) is 6.00. The van der Waals surface area contributed by atoms with Crippen LogP contribution in [0.4, 0.5) is 0 Å². The molecule has 0 spiro atoms. The molecule has 1 heterocycles. The fraction of sp³-hybridized carbons (Fsp3) is 0.462. The maximum Gasteiger partial charge on any atom is 0.254 e. The third kappa shape index (κ3) is 3.10. The first kappa shape index (κ1) is 13.5. The number of amides is 1. The molecule has 2 atom stereocenters. The highest BCUT2D eigenvalue weighted by molar-refractivity contribution is 9.10. The number of benzene rings is 1. The fourth-order valence-electron chi connectivity index (χ4n) is 1.95. The summed E-state index contributed by atoms with van der Waals surface area (Å²) in [5.41, 5.74) is 6.52. The minimum absolute atomic E-state index is 0.0384. The Morgan fingerprint density at radius 2 is 2.17 bits per heavy atom. The van der Waals surface area contributed by atoms with Crippen LogP contribution in [-0.4, -0.2) is 42.6 Å². The first-order valence-corrected chi connectivity index (χ1v) is 6.79. The Morgan fingerprint density at radius 3 is 2.78 bits per heavy atom. The maximum atomic E-state index is 12.3. The monoisotopic (exact) mass is 312 g/mol. The van der Waals surface area contributed by atoms with Crippen LogP contribution in [0.5, 0.6) is 0 Å². The topological polar surface area (TPSA) is 55.6 Å². The summed E-state index contributed by atoms with van der Waals surface area (Å²) in [6.45, 7) is 3.64. The van der Waals surface area contributed by atoms with Crippen molar-refractivity contribution in [3.05, 3.63) is 34.3 Å². The van der Waals surface area contributed by atoms with Crippen LogP contribution >= 0.6 is 15.9 Å². The van der Waals surface area contributed by atoms with Crippen LogP contribution in [0.2, 0.25) is 0 Å². The quantitative estimate of drug-likeness (QED) is 0.903. The number of morpholine rings is 1. The molecule has 1 aromatic carbocycles. The van der Waals surface area contributed by atoms with Crippen LogP contribution in [0.15, 0.2) is 28.7 Å². The molecule has 2 unspecified atom stereocenters. The van der Waals surface area contributed by atoms with Crippen LogP contribution in [0.3, 0.4) is 0 Å². The van der Waals surface area contributed by atoms with Crippen LogP contribution in [0.25, 0.3) is 0 Å². The van der Waals surface area contributed by atoms with Gasteiger partial charge in [0.2, 0.25) is 0 Å². The van der Waals surface area contributed by atoms with E-state index in [1.165, 1.54) is 0 Å². The van der Waals surface area contributed by atoms with Gasteiger partial charge in [-0.25, -0.2) is 0 Å². The number of nitrogens with zero attached hydrogens (tertiary/aromatic N) is 1. The van der Waals surface area contributed by atoms with Crippen molar-refractivity contribution in [2.45, 2.75) is 19.1 Å². The standard InChI is InChI=1S/C13H17BrN2O2/c1-9(15)12-8-16(6-7-18-12)13(17)10-2-4-11(14)5-3-10/h2-5,9,12H,6-8,15H2,1H3. The zero-order valence-corrected chi connectivity index (χ0v) is 11.9. The summed E-state index contributed by atoms with van der Waals surface area (Å²) in [7, 11) is 0. The van der Waals surface area contributed by atoms with E-state index in [2.05, 4.69) is 15.9 Å². The number of carbonyl (C=O) groups is 1. The average Bonchev–Trinajstić information content (AvgIpc) is 2.39. The van der Waals surface area contributed by atoms with E-state index in [1.54, 1.807) is 4.90 Å². The van der Waals surface area contributed by atoms with Gasteiger partial charge in [0.05, 0.1) is 12.7 Å². The van der Waals surface area contributed by atoms with E-state index >= 15 is 0 Å². The fourth-order valence-corrected chi connectivity index (χ4v) is 2.22. The van der Waals surface area contributed by atoms with Crippen molar-refractivity contribution in [3.8, 4) is 0 Å². The Hall–Kier alpha value is -0.910.